The number of aliphatic carboxylic acids is 1. The maximum atomic E-state index is 13.8. The topological polar surface area (TPSA) is 354 Å². The number of guanidine groups is 1. The van der Waals surface area contributed by atoms with E-state index in [1.807, 2.05) is 0 Å². The van der Waals surface area contributed by atoms with Crippen LogP contribution in [0.4, 0.5) is 0 Å². The summed E-state index contributed by atoms with van der Waals surface area (Å²) in [6.07, 6.45) is 5.32. The van der Waals surface area contributed by atoms with E-state index in [9.17, 15) is 33.9 Å². The third kappa shape index (κ3) is 17.9. The highest BCUT2D eigenvalue weighted by molar-refractivity contribution is 7.80. The number of imidazole rings is 1. The van der Waals surface area contributed by atoms with Gasteiger partial charge in [0, 0.05) is 36.4 Å². The van der Waals surface area contributed by atoms with Crippen molar-refractivity contribution < 1.29 is 33.9 Å². The molecule has 0 bridgehead atoms. The van der Waals surface area contributed by atoms with Gasteiger partial charge in [0.25, 0.3) is 0 Å². The quantitative estimate of drug-likeness (QED) is 0.0175. The molecule has 1 aromatic heterocycles. The van der Waals surface area contributed by atoms with Crippen molar-refractivity contribution in [2.75, 3.05) is 31.1 Å². The number of aromatic amines is 1. The fourth-order valence-corrected chi connectivity index (χ4v) is 5.17. The van der Waals surface area contributed by atoms with E-state index in [1.165, 1.54) is 12.5 Å². The highest BCUT2D eigenvalue weighted by Crippen LogP contribution is 2.09. The molecule has 6 atom stereocenters. The number of rotatable bonds is 27. The van der Waals surface area contributed by atoms with Gasteiger partial charge in [-0.25, -0.2) is 9.78 Å². The van der Waals surface area contributed by atoms with E-state index in [0.29, 0.717) is 50.9 Å². The Hall–Kier alpha value is -4.12. The number of nitrogens with zero attached hydrogens (tertiary/aromatic N) is 2. The van der Waals surface area contributed by atoms with Gasteiger partial charge in [-0.3, -0.25) is 29.0 Å². The number of carboxylic acid groups (broad SMARTS) is 1. The fraction of sp³-hybridized carbons (Fsp3) is 0.667. The van der Waals surface area contributed by atoms with E-state index >= 15 is 0 Å². The Labute approximate surface area is 313 Å². The van der Waals surface area contributed by atoms with Gasteiger partial charge < -0.3 is 65.3 Å². The molecule has 52 heavy (non-hydrogen) atoms. The molecule has 1 rings (SSSR count). The van der Waals surface area contributed by atoms with E-state index in [-0.39, 0.29) is 49.7 Å². The number of thiol groups is 2. The van der Waals surface area contributed by atoms with Gasteiger partial charge in [0.15, 0.2) is 5.96 Å². The van der Waals surface area contributed by atoms with Crippen LogP contribution in [-0.4, -0.2) is 124 Å². The van der Waals surface area contributed by atoms with Crippen molar-refractivity contribution >= 4 is 66.7 Å². The minimum absolute atomic E-state index is 0.0195. The predicted molar refractivity (Wildman–Crippen MR) is 201 cm³/mol. The first-order valence-electron chi connectivity index (χ1n) is 16.9. The number of carbonyl (C=O) groups excluding carboxylic acids is 5. The van der Waals surface area contributed by atoms with Crippen molar-refractivity contribution in [2.24, 2.45) is 33.7 Å². The van der Waals surface area contributed by atoms with Gasteiger partial charge in [-0.1, -0.05) is 0 Å². The number of nitrogens with two attached hydrogens (primary N) is 5. The Bertz CT molecular complexity index is 1300. The zero-order valence-electron chi connectivity index (χ0n) is 29.1. The first-order chi connectivity index (χ1) is 24.8. The summed E-state index contributed by atoms with van der Waals surface area (Å²) < 4.78 is 0. The van der Waals surface area contributed by atoms with Gasteiger partial charge in [0.1, 0.15) is 30.2 Å². The normalized spacial score (nSPS) is 14.4. The van der Waals surface area contributed by atoms with E-state index in [1.54, 1.807) is 0 Å². The lowest BCUT2D eigenvalue weighted by Gasteiger charge is -2.27. The molecule has 0 aliphatic carbocycles. The van der Waals surface area contributed by atoms with Crippen molar-refractivity contribution in [1.82, 2.24) is 36.6 Å². The second kappa shape index (κ2) is 25.8. The van der Waals surface area contributed by atoms with Crippen LogP contribution in [0.15, 0.2) is 17.5 Å². The molecule has 5 amide bonds. The van der Waals surface area contributed by atoms with E-state index in [4.69, 9.17) is 28.7 Å². The van der Waals surface area contributed by atoms with Crippen LogP contribution in [0.25, 0.3) is 0 Å². The number of aromatic nitrogens is 2. The van der Waals surface area contributed by atoms with Gasteiger partial charge >= 0.3 is 5.97 Å². The molecule has 294 valence electrons. The SMILES string of the molecule is NCCCC[C@H](NC(=O)[C@H](CCCCN)NC(=O)[C@H](CCCN=C(N)N)NC(=O)[C@@H](N)CS)C(=O)N[C@@H](Cc1cnc[nH]1)C(=O)N[C@@H](CS)C(=O)O. The monoisotopic (exact) mass is 773 g/mol. The van der Waals surface area contributed by atoms with Crippen LogP contribution >= 0.6 is 25.3 Å². The third-order valence-corrected chi connectivity index (χ3v) is 8.44. The van der Waals surface area contributed by atoms with Crippen LogP contribution < -0.4 is 55.3 Å². The standard InChI is InChI=1S/C30H55N13O7S2/c31-9-3-1-6-19(40-26(46)21(8-5-11-37-30(34)35)39-24(44)18(33)14-51)25(45)41-20(7-2-4-10-32)27(47)42-22(12-17-13-36-16-38-17)28(48)43-23(15-52)29(49)50/h13,16,18-23,51-52H,1-12,14-15,31-33H2,(H,36,38)(H,39,44)(H,40,46)(H,41,45)(H,42,47)(H,43,48)(H,49,50)(H4,34,35,37)/t18-,19-,20-,21-,22-,23-/m0/s1. The minimum atomic E-state index is -1.33. The van der Waals surface area contributed by atoms with Gasteiger partial charge in [-0.05, 0) is 64.5 Å². The predicted octanol–water partition coefficient (Wildman–Crippen LogP) is -4.04. The first-order valence-corrected chi connectivity index (χ1v) is 18.2. The Morgan fingerprint density at radius 2 is 1.17 bits per heavy atom. The molecule has 22 heteroatoms. The number of H-pyrrole nitrogens is 1. The summed E-state index contributed by atoms with van der Waals surface area (Å²) in [6, 6.07) is -7.06. The van der Waals surface area contributed by atoms with Crippen molar-refractivity contribution in [1.29, 1.82) is 0 Å². The average Bonchev–Trinajstić information content (AvgIpc) is 3.63. The number of hydrogen-bond donors (Lipinski definition) is 14. The van der Waals surface area contributed by atoms with Crippen molar-refractivity contribution in [3.63, 3.8) is 0 Å². The number of amides is 5. The molecule has 17 N–H and O–H groups in total. The summed E-state index contributed by atoms with van der Waals surface area (Å²) in [7, 11) is 0. The maximum Gasteiger partial charge on any atom is 0.327 e. The van der Waals surface area contributed by atoms with Crippen LogP contribution in [0.3, 0.4) is 0 Å². The molecule has 0 fully saturated rings. The molecule has 0 spiro atoms. The second-order valence-corrected chi connectivity index (χ2v) is 12.6. The Kier molecular flexibility index (Phi) is 22.7. The largest absolute Gasteiger partial charge is 0.480 e. The van der Waals surface area contributed by atoms with Crippen LogP contribution in [-0.2, 0) is 35.2 Å². The van der Waals surface area contributed by atoms with Gasteiger partial charge in [-0.2, -0.15) is 25.3 Å². The summed E-state index contributed by atoms with van der Waals surface area (Å²) in [6.45, 7) is 0.817. The van der Waals surface area contributed by atoms with Gasteiger partial charge in [-0.15, -0.1) is 0 Å². The third-order valence-electron chi connectivity index (χ3n) is 7.68. The first kappa shape index (κ1) is 45.9. The van der Waals surface area contributed by atoms with E-state index < -0.39 is 71.8 Å². The van der Waals surface area contributed by atoms with Crippen molar-refractivity contribution in [2.45, 2.75) is 94.0 Å². The Balaban J connectivity index is 3.31. The smallest absolute Gasteiger partial charge is 0.327 e. The molecule has 0 unspecified atom stereocenters. The molecule has 0 radical (unpaired) electrons. The summed E-state index contributed by atoms with van der Waals surface area (Å²) in [5.74, 6) is -5.19. The average molecular weight is 774 g/mol. The molecule has 1 heterocycles. The highest BCUT2D eigenvalue weighted by atomic mass is 32.1. The lowest BCUT2D eigenvalue weighted by molar-refractivity contribution is -0.141. The van der Waals surface area contributed by atoms with Crippen LogP contribution in [0.2, 0.25) is 0 Å². The molecule has 0 saturated heterocycles. The van der Waals surface area contributed by atoms with Crippen LogP contribution in [0.5, 0.6) is 0 Å². The summed E-state index contributed by atoms with van der Waals surface area (Å²) in [4.78, 5) is 89.1. The lowest BCUT2D eigenvalue weighted by atomic mass is 10.0. The van der Waals surface area contributed by atoms with Gasteiger partial charge in [0.05, 0.1) is 12.4 Å². The molecular formula is C30H55N13O7S2. The number of hydrogen-bond acceptors (Lipinski definition) is 13. The molecule has 20 nitrogen and oxygen atoms in total. The molecule has 0 aromatic carbocycles. The number of carboxylic acids is 1. The molecule has 0 aliphatic rings. The molecule has 0 saturated carbocycles. The van der Waals surface area contributed by atoms with E-state index in [0.717, 1.165) is 0 Å². The zero-order chi connectivity index (χ0) is 39.1. The second-order valence-electron chi connectivity index (χ2n) is 11.9. The summed E-state index contributed by atoms with van der Waals surface area (Å²) >= 11 is 8.02. The van der Waals surface area contributed by atoms with Crippen LogP contribution in [0.1, 0.15) is 57.1 Å². The fourth-order valence-electron chi connectivity index (χ4n) is 4.76. The molecule has 1 aromatic rings. The minimum Gasteiger partial charge on any atom is -0.480 e. The van der Waals surface area contributed by atoms with E-state index in [2.05, 4.69) is 66.8 Å². The lowest BCUT2D eigenvalue weighted by Crippen LogP contribution is -2.59. The number of nitrogens with one attached hydrogen (secondary N) is 6. The van der Waals surface area contributed by atoms with Crippen molar-refractivity contribution in [3.05, 3.63) is 18.2 Å². The number of carbonyl (C=O) groups is 6. The summed E-state index contributed by atoms with van der Waals surface area (Å²) in [5, 5.41) is 22.4. The Morgan fingerprint density at radius 1 is 0.712 bits per heavy atom. The molecular weight excluding hydrogens is 719 g/mol. The maximum absolute atomic E-state index is 13.8. The zero-order valence-corrected chi connectivity index (χ0v) is 30.9. The Morgan fingerprint density at radius 3 is 1.60 bits per heavy atom. The van der Waals surface area contributed by atoms with Crippen LogP contribution in [0, 0.1) is 0 Å². The van der Waals surface area contributed by atoms with Crippen molar-refractivity contribution in [3.8, 4) is 0 Å². The van der Waals surface area contributed by atoms with Gasteiger partial charge in [0.2, 0.25) is 29.5 Å². The molecule has 0 aliphatic heterocycles. The summed E-state index contributed by atoms with van der Waals surface area (Å²) in [5.41, 5.74) is 28.4. The number of aliphatic imine (C=N–C) groups is 1. The highest BCUT2D eigenvalue weighted by Gasteiger charge is 2.32. The number of unbranched alkanes of at least 4 members (excludes halogenated alkanes) is 2.